The Balaban J connectivity index is 1.48. The zero-order valence-corrected chi connectivity index (χ0v) is 20.9. The van der Waals surface area contributed by atoms with Gasteiger partial charge in [0.25, 0.3) is 0 Å². The van der Waals surface area contributed by atoms with E-state index in [1.54, 1.807) is 31.4 Å². The molecule has 2 aromatic carbocycles. The van der Waals surface area contributed by atoms with Crippen LogP contribution in [0.1, 0.15) is 49.3 Å². The molecule has 8 heteroatoms. The number of ether oxygens (including phenoxy) is 1. The summed E-state index contributed by atoms with van der Waals surface area (Å²) >= 11 is 0. The minimum absolute atomic E-state index is 0.0405. The van der Waals surface area contributed by atoms with E-state index in [2.05, 4.69) is 10.2 Å². The van der Waals surface area contributed by atoms with Crippen molar-refractivity contribution in [2.24, 2.45) is 0 Å². The highest BCUT2D eigenvalue weighted by Crippen LogP contribution is 2.28. The molecule has 1 amide bonds. The van der Waals surface area contributed by atoms with Crippen molar-refractivity contribution in [3.8, 4) is 5.75 Å². The maximum Gasteiger partial charge on any atom is 0.243 e. The number of benzene rings is 2. The molecule has 2 aliphatic rings. The van der Waals surface area contributed by atoms with E-state index in [0.29, 0.717) is 25.9 Å². The molecular weight excluding hydrogens is 450 g/mol. The molecule has 0 unspecified atom stereocenters. The lowest BCUT2D eigenvalue weighted by Gasteiger charge is -2.35. The molecule has 1 N–H and O–H groups in total. The van der Waals surface area contributed by atoms with E-state index in [9.17, 15) is 13.2 Å². The number of nitrogens with one attached hydrogen (secondary N) is 1. The lowest BCUT2D eigenvalue weighted by atomic mass is 10.0. The number of carbonyl (C=O) groups is 1. The molecule has 2 fully saturated rings. The summed E-state index contributed by atoms with van der Waals surface area (Å²) in [6.07, 6.45) is 4.73. The summed E-state index contributed by atoms with van der Waals surface area (Å²) in [6, 6.07) is 14.2. The summed E-state index contributed by atoms with van der Waals surface area (Å²) in [5.41, 5.74) is 2.12. The first-order valence-electron chi connectivity index (χ1n) is 12.1. The van der Waals surface area contributed by atoms with Crippen LogP contribution >= 0.6 is 0 Å². The fraction of sp³-hybridized carbons (Fsp3) is 0.500. The van der Waals surface area contributed by atoms with Crippen LogP contribution < -0.4 is 10.1 Å². The molecule has 2 saturated heterocycles. The van der Waals surface area contributed by atoms with E-state index in [1.807, 2.05) is 31.2 Å². The van der Waals surface area contributed by atoms with Gasteiger partial charge in [0.2, 0.25) is 15.9 Å². The van der Waals surface area contributed by atoms with Crippen LogP contribution in [0.25, 0.3) is 0 Å². The minimum atomic E-state index is -3.72. The van der Waals surface area contributed by atoms with Gasteiger partial charge in [-0.2, -0.15) is 4.31 Å². The van der Waals surface area contributed by atoms with Crippen molar-refractivity contribution in [2.45, 2.75) is 56.0 Å². The smallest absolute Gasteiger partial charge is 0.243 e. The largest absolute Gasteiger partial charge is 0.497 e. The SMILES string of the molecule is COc1ccc([C@@H](CNC(=O)[C@@H]2CCCN2S(=O)(=O)c2ccc(C)cc2)N2CCCCC2)cc1. The molecule has 184 valence electrons. The molecule has 2 aliphatic heterocycles. The first-order chi connectivity index (χ1) is 16.4. The number of hydrogen-bond acceptors (Lipinski definition) is 5. The fourth-order valence-corrected chi connectivity index (χ4v) is 6.62. The minimum Gasteiger partial charge on any atom is -0.497 e. The maximum atomic E-state index is 13.3. The normalized spacial score (nSPS) is 20.7. The monoisotopic (exact) mass is 485 g/mol. The van der Waals surface area contributed by atoms with Crippen LogP contribution in [0.4, 0.5) is 0 Å². The van der Waals surface area contributed by atoms with Crippen LogP contribution in [0, 0.1) is 6.92 Å². The van der Waals surface area contributed by atoms with Gasteiger partial charge in [-0.1, -0.05) is 36.2 Å². The van der Waals surface area contributed by atoms with Crippen molar-refractivity contribution in [1.29, 1.82) is 0 Å². The number of methoxy groups -OCH3 is 1. The van der Waals surface area contributed by atoms with Gasteiger partial charge < -0.3 is 10.1 Å². The van der Waals surface area contributed by atoms with Crippen LogP contribution in [0.5, 0.6) is 5.75 Å². The molecule has 2 heterocycles. The Morgan fingerprint density at radius 2 is 1.68 bits per heavy atom. The predicted molar refractivity (Wildman–Crippen MR) is 132 cm³/mol. The van der Waals surface area contributed by atoms with Gasteiger partial charge in [-0.25, -0.2) is 8.42 Å². The van der Waals surface area contributed by atoms with Crippen molar-refractivity contribution in [2.75, 3.05) is 33.3 Å². The van der Waals surface area contributed by atoms with Crippen LogP contribution in [0.2, 0.25) is 0 Å². The number of hydrogen-bond donors (Lipinski definition) is 1. The van der Waals surface area contributed by atoms with E-state index in [-0.39, 0.29) is 16.8 Å². The standard InChI is InChI=1S/C26H35N3O4S/c1-20-8-14-23(15-9-20)34(31,32)29-18-6-7-24(29)26(30)27-19-25(28-16-4-3-5-17-28)21-10-12-22(33-2)13-11-21/h8-15,24-25H,3-7,16-19H2,1-2H3,(H,27,30)/t24-,25+/m0/s1. The third-order valence-corrected chi connectivity index (χ3v) is 8.86. The van der Waals surface area contributed by atoms with E-state index in [4.69, 9.17) is 4.74 Å². The molecule has 0 saturated carbocycles. The molecule has 7 nitrogen and oxygen atoms in total. The summed E-state index contributed by atoms with van der Waals surface area (Å²) < 4.78 is 33.2. The average Bonchev–Trinajstić information content (AvgIpc) is 3.37. The topological polar surface area (TPSA) is 79.0 Å². The molecule has 0 spiro atoms. The Kier molecular flexibility index (Phi) is 7.91. The zero-order valence-electron chi connectivity index (χ0n) is 20.1. The summed E-state index contributed by atoms with van der Waals surface area (Å²) in [7, 11) is -2.07. The average molecular weight is 486 g/mol. The second-order valence-corrected chi connectivity index (χ2v) is 11.1. The van der Waals surface area contributed by atoms with Gasteiger partial charge in [0.15, 0.2) is 0 Å². The summed E-state index contributed by atoms with van der Waals surface area (Å²) in [5, 5.41) is 3.09. The number of sulfonamides is 1. The molecule has 0 aliphatic carbocycles. The van der Waals surface area contributed by atoms with E-state index >= 15 is 0 Å². The molecule has 2 aromatic rings. The summed E-state index contributed by atoms with van der Waals surface area (Å²) in [4.78, 5) is 15.9. The van der Waals surface area contributed by atoms with Crippen molar-refractivity contribution in [1.82, 2.24) is 14.5 Å². The molecule has 0 bridgehead atoms. The molecule has 0 aromatic heterocycles. The maximum absolute atomic E-state index is 13.3. The number of nitrogens with zero attached hydrogens (tertiary/aromatic N) is 2. The highest BCUT2D eigenvalue weighted by atomic mass is 32.2. The van der Waals surface area contributed by atoms with Gasteiger partial charge in [0.05, 0.1) is 18.0 Å². The number of amides is 1. The number of piperidine rings is 1. The second kappa shape index (κ2) is 10.9. The summed E-state index contributed by atoms with van der Waals surface area (Å²) in [5.74, 6) is 0.580. The Hall–Kier alpha value is -2.42. The Labute approximate surface area is 203 Å². The van der Waals surface area contributed by atoms with Gasteiger partial charge in [0, 0.05) is 13.1 Å². The van der Waals surface area contributed by atoms with Gasteiger partial charge in [-0.3, -0.25) is 9.69 Å². The van der Waals surface area contributed by atoms with Crippen molar-refractivity contribution in [3.63, 3.8) is 0 Å². The molecule has 34 heavy (non-hydrogen) atoms. The quantitative estimate of drug-likeness (QED) is 0.619. The number of rotatable bonds is 8. The van der Waals surface area contributed by atoms with Gasteiger partial charge in [-0.05, 0) is 75.5 Å². The van der Waals surface area contributed by atoms with Crippen LogP contribution in [0.15, 0.2) is 53.4 Å². The number of carbonyl (C=O) groups excluding carboxylic acids is 1. The van der Waals surface area contributed by atoms with E-state index < -0.39 is 16.1 Å². The Morgan fingerprint density at radius 1 is 1.00 bits per heavy atom. The van der Waals surface area contributed by atoms with Gasteiger partial charge >= 0.3 is 0 Å². The van der Waals surface area contributed by atoms with Crippen LogP contribution in [-0.2, 0) is 14.8 Å². The van der Waals surface area contributed by atoms with Crippen molar-refractivity contribution in [3.05, 3.63) is 59.7 Å². The lowest BCUT2D eigenvalue weighted by Crippen LogP contribution is -2.48. The molecular formula is C26H35N3O4S. The fourth-order valence-electron chi connectivity index (χ4n) is 4.96. The Bertz CT molecular complexity index is 1060. The number of aryl methyl sites for hydroxylation is 1. The predicted octanol–water partition coefficient (Wildman–Crippen LogP) is 3.50. The van der Waals surface area contributed by atoms with E-state index in [1.165, 1.54) is 10.7 Å². The Morgan fingerprint density at radius 3 is 2.32 bits per heavy atom. The third-order valence-electron chi connectivity index (χ3n) is 6.94. The molecule has 0 radical (unpaired) electrons. The lowest BCUT2D eigenvalue weighted by molar-refractivity contribution is -0.124. The highest BCUT2D eigenvalue weighted by Gasteiger charge is 2.39. The zero-order chi connectivity index (χ0) is 24.1. The van der Waals surface area contributed by atoms with Gasteiger partial charge in [-0.15, -0.1) is 0 Å². The first kappa shape index (κ1) is 24.7. The third kappa shape index (κ3) is 5.45. The van der Waals surface area contributed by atoms with Gasteiger partial charge in [0.1, 0.15) is 11.8 Å². The van der Waals surface area contributed by atoms with Crippen molar-refractivity contribution < 1.29 is 17.9 Å². The highest BCUT2D eigenvalue weighted by molar-refractivity contribution is 7.89. The van der Waals surface area contributed by atoms with Crippen molar-refractivity contribution >= 4 is 15.9 Å². The molecule has 4 rings (SSSR count). The van der Waals surface area contributed by atoms with Crippen LogP contribution in [0.3, 0.4) is 0 Å². The first-order valence-corrected chi connectivity index (χ1v) is 13.6. The summed E-state index contributed by atoms with van der Waals surface area (Å²) in [6.45, 7) is 4.71. The molecule has 2 atom stereocenters. The van der Waals surface area contributed by atoms with Crippen LogP contribution in [-0.4, -0.2) is 62.9 Å². The second-order valence-electron chi connectivity index (χ2n) is 9.22. The number of likely N-dealkylation sites (tertiary alicyclic amines) is 1. The van der Waals surface area contributed by atoms with E-state index in [0.717, 1.165) is 42.8 Å².